The zero-order valence-corrected chi connectivity index (χ0v) is 7.03. The molecule has 1 amide bonds. The molecule has 0 saturated carbocycles. The van der Waals surface area contributed by atoms with Gasteiger partial charge in [-0.05, 0) is 19.9 Å². The first-order valence-electron chi connectivity index (χ1n) is 3.94. The van der Waals surface area contributed by atoms with E-state index in [4.69, 9.17) is 9.47 Å². The number of hydrogen-bond donors (Lipinski definition) is 1. The van der Waals surface area contributed by atoms with Crippen molar-refractivity contribution < 1.29 is 14.3 Å². The molecule has 0 aromatic rings. The summed E-state index contributed by atoms with van der Waals surface area (Å²) < 4.78 is 10.3. The van der Waals surface area contributed by atoms with Crippen LogP contribution in [0.1, 0.15) is 13.8 Å². The summed E-state index contributed by atoms with van der Waals surface area (Å²) in [6.45, 7) is 3.80. The molecule has 1 saturated heterocycles. The molecule has 0 bridgehead atoms. The zero-order valence-electron chi connectivity index (χ0n) is 7.03. The smallest absolute Gasteiger partial charge is 0.408 e. The molecule has 0 unspecified atom stereocenters. The molecule has 4 nitrogen and oxygen atoms in total. The predicted molar refractivity (Wildman–Crippen MR) is 41.5 cm³/mol. The largest absolute Gasteiger partial charge is 0.495 e. The van der Waals surface area contributed by atoms with E-state index in [9.17, 15) is 4.79 Å². The van der Waals surface area contributed by atoms with Gasteiger partial charge in [-0.1, -0.05) is 0 Å². The van der Waals surface area contributed by atoms with Crippen LogP contribution in [0.25, 0.3) is 0 Å². The SMILES string of the molecule is C[C@H]1OC=C[C@@]2(C)NC(=O)O[C@@H]12. The number of alkyl carbamates (subject to hydrolysis) is 1. The average molecular weight is 169 g/mol. The summed E-state index contributed by atoms with van der Waals surface area (Å²) >= 11 is 0. The quantitative estimate of drug-likeness (QED) is 0.583. The Morgan fingerprint density at radius 1 is 1.67 bits per heavy atom. The molecule has 0 spiro atoms. The van der Waals surface area contributed by atoms with Crippen LogP contribution in [0.2, 0.25) is 0 Å². The maximum Gasteiger partial charge on any atom is 0.408 e. The fraction of sp³-hybridized carbons (Fsp3) is 0.625. The average Bonchev–Trinajstić information content (AvgIpc) is 2.26. The van der Waals surface area contributed by atoms with Gasteiger partial charge in [0.15, 0.2) is 6.10 Å². The number of rotatable bonds is 0. The molecule has 0 aromatic carbocycles. The molecule has 0 aromatic heterocycles. The summed E-state index contributed by atoms with van der Waals surface area (Å²) in [6, 6.07) is 0. The van der Waals surface area contributed by atoms with Crippen molar-refractivity contribution in [2.24, 2.45) is 0 Å². The van der Waals surface area contributed by atoms with Crippen LogP contribution in [-0.4, -0.2) is 23.8 Å². The Morgan fingerprint density at radius 3 is 3.08 bits per heavy atom. The third-order valence-electron chi connectivity index (χ3n) is 2.33. The highest BCUT2D eigenvalue weighted by atomic mass is 16.6. The van der Waals surface area contributed by atoms with Crippen LogP contribution >= 0.6 is 0 Å². The molecule has 12 heavy (non-hydrogen) atoms. The van der Waals surface area contributed by atoms with Gasteiger partial charge in [-0.3, -0.25) is 0 Å². The second-order valence-electron chi connectivity index (χ2n) is 3.38. The van der Waals surface area contributed by atoms with Gasteiger partial charge in [-0.25, -0.2) is 4.79 Å². The Hall–Kier alpha value is -1.19. The predicted octanol–water partition coefficient (Wildman–Crippen LogP) is 0.786. The fourth-order valence-corrected chi connectivity index (χ4v) is 1.65. The maximum atomic E-state index is 10.9. The molecule has 3 atom stereocenters. The summed E-state index contributed by atoms with van der Waals surface area (Å²) in [5, 5.41) is 2.73. The number of carbonyl (C=O) groups is 1. The Kier molecular flexibility index (Phi) is 1.34. The minimum Gasteiger partial charge on any atom is -0.495 e. The molecule has 1 N–H and O–H groups in total. The molecule has 2 rings (SSSR count). The maximum absolute atomic E-state index is 10.9. The van der Waals surface area contributed by atoms with Gasteiger partial charge in [-0.2, -0.15) is 0 Å². The van der Waals surface area contributed by atoms with Gasteiger partial charge in [0, 0.05) is 0 Å². The first kappa shape index (κ1) is 7.46. The zero-order chi connectivity index (χ0) is 8.77. The number of fused-ring (bicyclic) bond motifs is 1. The molecule has 66 valence electrons. The standard InChI is InChI=1S/C8H11NO3/c1-5-6-8(2,3-4-11-5)9-7(10)12-6/h3-6H,1-2H3,(H,9,10)/t5-,6+,8-/m1/s1. The number of ether oxygens (including phenoxy) is 2. The van der Waals surface area contributed by atoms with Crippen molar-refractivity contribution in [1.29, 1.82) is 0 Å². The Balaban J connectivity index is 2.32. The fourth-order valence-electron chi connectivity index (χ4n) is 1.65. The van der Waals surface area contributed by atoms with E-state index in [1.165, 1.54) is 0 Å². The monoisotopic (exact) mass is 169 g/mol. The van der Waals surface area contributed by atoms with Crippen molar-refractivity contribution in [2.45, 2.75) is 31.6 Å². The first-order valence-corrected chi connectivity index (χ1v) is 3.94. The van der Waals surface area contributed by atoms with Crippen molar-refractivity contribution in [2.75, 3.05) is 0 Å². The highest BCUT2D eigenvalue weighted by molar-refractivity contribution is 5.72. The highest BCUT2D eigenvalue weighted by Gasteiger charge is 2.48. The van der Waals surface area contributed by atoms with Crippen molar-refractivity contribution in [1.82, 2.24) is 5.32 Å². The van der Waals surface area contributed by atoms with Crippen LogP contribution in [0.5, 0.6) is 0 Å². The normalized spacial score (nSPS) is 44.3. The van der Waals surface area contributed by atoms with E-state index in [0.29, 0.717) is 0 Å². The number of hydrogen-bond acceptors (Lipinski definition) is 3. The molecular formula is C8H11NO3. The van der Waals surface area contributed by atoms with Crippen molar-refractivity contribution in [3.8, 4) is 0 Å². The van der Waals surface area contributed by atoms with Gasteiger partial charge in [0.2, 0.25) is 0 Å². The Labute approximate surface area is 70.5 Å². The van der Waals surface area contributed by atoms with E-state index in [0.717, 1.165) is 0 Å². The molecule has 2 aliphatic heterocycles. The minimum atomic E-state index is -0.394. The van der Waals surface area contributed by atoms with E-state index >= 15 is 0 Å². The van der Waals surface area contributed by atoms with Crippen molar-refractivity contribution >= 4 is 6.09 Å². The summed E-state index contributed by atoms with van der Waals surface area (Å²) in [5.41, 5.74) is -0.394. The van der Waals surface area contributed by atoms with Crippen molar-refractivity contribution in [3.63, 3.8) is 0 Å². The van der Waals surface area contributed by atoms with E-state index < -0.39 is 5.54 Å². The van der Waals surface area contributed by atoms with E-state index in [2.05, 4.69) is 5.32 Å². The lowest BCUT2D eigenvalue weighted by Gasteiger charge is -2.32. The molecule has 2 heterocycles. The van der Waals surface area contributed by atoms with Crippen LogP contribution in [0, 0.1) is 0 Å². The summed E-state index contributed by atoms with van der Waals surface area (Å²) in [7, 11) is 0. The topological polar surface area (TPSA) is 47.6 Å². The van der Waals surface area contributed by atoms with Crippen LogP contribution in [0.4, 0.5) is 4.79 Å². The summed E-state index contributed by atoms with van der Waals surface area (Å²) in [5.74, 6) is 0. The third-order valence-corrected chi connectivity index (χ3v) is 2.33. The number of amides is 1. The third kappa shape index (κ3) is 0.873. The van der Waals surface area contributed by atoms with Gasteiger partial charge >= 0.3 is 6.09 Å². The van der Waals surface area contributed by atoms with Gasteiger partial charge in [0.1, 0.15) is 11.6 Å². The van der Waals surface area contributed by atoms with Crippen LogP contribution in [0.15, 0.2) is 12.3 Å². The lowest BCUT2D eigenvalue weighted by Crippen LogP contribution is -2.50. The molecule has 2 aliphatic rings. The van der Waals surface area contributed by atoms with E-state index in [-0.39, 0.29) is 18.3 Å². The Morgan fingerprint density at radius 2 is 2.42 bits per heavy atom. The van der Waals surface area contributed by atoms with Gasteiger partial charge in [0.05, 0.1) is 6.26 Å². The Bertz CT molecular complexity index is 251. The molecule has 0 aliphatic carbocycles. The minimum absolute atomic E-state index is 0.0843. The molecule has 1 fully saturated rings. The lowest BCUT2D eigenvalue weighted by molar-refractivity contribution is -0.00429. The molecule has 4 heteroatoms. The van der Waals surface area contributed by atoms with E-state index in [1.807, 2.05) is 19.9 Å². The summed E-state index contributed by atoms with van der Waals surface area (Å²) in [6.07, 6.45) is 2.75. The van der Waals surface area contributed by atoms with Gasteiger partial charge in [-0.15, -0.1) is 0 Å². The second-order valence-corrected chi connectivity index (χ2v) is 3.38. The second kappa shape index (κ2) is 2.15. The number of carbonyl (C=O) groups excluding carboxylic acids is 1. The van der Waals surface area contributed by atoms with Gasteiger partial charge in [0.25, 0.3) is 0 Å². The van der Waals surface area contributed by atoms with Crippen LogP contribution < -0.4 is 5.32 Å². The first-order chi connectivity index (χ1) is 5.62. The highest BCUT2D eigenvalue weighted by Crippen LogP contribution is 2.29. The van der Waals surface area contributed by atoms with Crippen molar-refractivity contribution in [3.05, 3.63) is 12.3 Å². The van der Waals surface area contributed by atoms with E-state index in [1.54, 1.807) is 6.26 Å². The molecule has 0 radical (unpaired) electrons. The number of nitrogens with one attached hydrogen (secondary N) is 1. The lowest BCUT2D eigenvalue weighted by atomic mass is 9.91. The summed E-state index contributed by atoms with van der Waals surface area (Å²) in [4.78, 5) is 10.9. The molecular weight excluding hydrogens is 158 g/mol. The van der Waals surface area contributed by atoms with Crippen LogP contribution in [0.3, 0.4) is 0 Å². The van der Waals surface area contributed by atoms with Crippen LogP contribution in [-0.2, 0) is 9.47 Å². The van der Waals surface area contributed by atoms with Gasteiger partial charge < -0.3 is 14.8 Å².